The van der Waals surface area contributed by atoms with E-state index in [0.717, 1.165) is 5.56 Å². The van der Waals surface area contributed by atoms with Crippen LogP contribution in [0.4, 0.5) is 26.3 Å². The molecule has 170 valence electrons. The van der Waals surface area contributed by atoms with Crippen LogP contribution in [0.5, 0.6) is 0 Å². The monoisotopic (exact) mass is 447 g/mol. The van der Waals surface area contributed by atoms with Crippen LogP contribution in [0, 0.1) is 0 Å². The predicted molar refractivity (Wildman–Crippen MR) is 102 cm³/mol. The molecule has 0 bridgehead atoms. The maximum absolute atomic E-state index is 13.2. The van der Waals surface area contributed by atoms with E-state index in [1.807, 2.05) is 30.3 Å². The molecule has 31 heavy (non-hydrogen) atoms. The number of rotatable bonds is 6. The lowest BCUT2D eigenvalue weighted by Crippen LogP contribution is -2.43. The highest BCUT2D eigenvalue weighted by Crippen LogP contribution is 2.39. The molecule has 0 amide bonds. The van der Waals surface area contributed by atoms with Crippen molar-refractivity contribution in [3.8, 4) is 0 Å². The van der Waals surface area contributed by atoms with E-state index in [9.17, 15) is 31.4 Å². The number of aliphatic hydroxyl groups excluding tert-OH is 1. The number of piperidine rings is 1. The fourth-order valence-corrected chi connectivity index (χ4v) is 3.89. The van der Waals surface area contributed by atoms with Gasteiger partial charge in [0.25, 0.3) is 0 Å². The molecule has 0 aliphatic carbocycles. The number of ether oxygens (including phenoxy) is 1. The van der Waals surface area contributed by atoms with Gasteiger partial charge in [0, 0.05) is 5.41 Å². The van der Waals surface area contributed by atoms with E-state index in [0.29, 0.717) is 38.1 Å². The molecule has 0 saturated carbocycles. The summed E-state index contributed by atoms with van der Waals surface area (Å²) in [5, 5.41) is 13.0. The Balaban J connectivity index is 1.91. The molecule has 2 aromatic carbocycles. The van der Waals surface area contributed by atoms with Crippen molar-refractivity contribution in [2.24, 2.45) is 0 Å². The molecular formula is C22H23F6NO2. The predicted octanol–water partition coefficient (Wildman–Crippen LogP) is 5.10. The van der Waals surface area contributed by atoms with E-state index >= 15 is 0 Å². The minimum Gasteiger partial charge on any atom is -0.393 e. The molecule has 1 atom stereocenters. The molecule has 1 aliphatic rings. The highest BCUT2D eigenvalue weighted by atomic mass is 19.4. The second-order valence-electron chi connectivity index (χ2n) is 7.72. The van der Waals surface area contributed by atoms with Crippen LogP contribution in [0.25, 0.3) is 0 Å². The zero-order chi connectivity index (χ0) is 22.7. The molecule has 2 N–H and O–H groups in total. The second kappa shape index (κ2) is 9.18. The van der Waals surface area contributed by atoms with Gasteiger partial charge in [0.15, 0.2) is 0 Å². The molecule has 9 heteroatoms. The van der Waals surface area contributed by atoms with E-state index in [2.05, 4.69) is 5.32 Å². The van der Waals surface area contributed by atoms with Crippen molar-refractivity contribution in [2.45, 2.75) is 36.7 Å². The molecule has 0 aromatic heterocycles. The number of aliphatic hydroxyl groups is 1. The summed E-state index contributed by atoms with van der Waals surface area (Å²) >= 11 is 0. The third kappa shape index (κ3) is 5.58. The summed E-state index contributed by atoms with van der Waals surface area (Å²) in [6, 6.07) is 10.7. The van der Waals surface area contributed by atoms with Crippen LogP contribution >= 0.6 is 0 Å². The number of hydrogen-bond acceptors (Lipinski definition) is 3. The highest BCUT2D eigenvalue weighted by molar-refractivity contribution is 5.35. The van der Waals surface area contributed by atoms with Gasteiger partial charge in [-0.25, -0.2) is 0 Å². The Bertz CT molecular complexity index is 828. The van der Waals surface area contributed by atoms with E-state index in [1.54, 1.807) is 0 Å². The summed E-state index contributed by atoms with van der Waals surface area (Å²) in [5.74, 6) is 0. The van der Waals surface area contributed by atoms with Gasteiger partial charge in [0.2, 0.25) is 0 Å². The van der Waals surface area contributed by atoms with Crippen LogP contribution < -0.4 is 5.32 Å². The smallest absolute Gasteiger partial charge is 0.393 e. The Labute approximate surface area is 176 Å². The van der Waals surface area contributed by atoms with Gasteiger partial charge >= 0.3 is 12.4 Å². The molecule has 1 heterocycles. The van der Waals surface area contributed by atoms with E-state index in [1.165, 1.54) is 0 Å². The lowest BCUT2D eigenvalue weighted by atomic mass is 9.74. The van der Waals surface area contributed by atoms with Crippen LogP contribution in [0.1, 0.15) is 41.2 Å². The molecule has 3 nitrogen and oxygen atoms in total. The Hall–Kier alpha value is -2.10. The van der Waals surface area contributed by atoms with Crippen LogP contribution in [0.3, 0.4) is 0 Å². The standard InChI is InChI=1S/C22H23F6NO2/c23-21(24,25)17-10-15(11-18(12-17)22(26,27)28)19(13-30)31-14-20(6-8-29-9-7-20)16-4-2-1-3-5-16/h1-5,10-12,19,29-30H,6-9,13-14H2. The minimum absolute atomic E-state index is 0.0571. The Morgan fingerprint density at radius 1 is 0.903 bits per heavy atom. The van der Waals surface area contributed by atoms with Crippen molar-refractivity contribution in [2.75, 3.05) is 26.3 Å². The summed E-state index contributed by atoms with van der Waals surface area (Å²) in [6.45, 7) is 0.705. The van der Waals surface area contributed by atoms with Crippen molar-refractivity contribution >= 4 is 0 Å². The zero-order valence-electron chi connectivity index (χ0n) is 16.6. The number of halogens is 6. The van der Waals surface area contributed by atoms with Crippen LogP contribution in [0.15, 0.2) is 48.5 Å². The highest BCUT2D eigenvalue weighted by Gasteiger charge is 2.39. The van der Waals surface area contributed by atoms with Crippen LogP contribution in [-0.2, 0) is 22.5 Å². The summed E-state index contributed by atoms with van der Waals surface area (Å²) in [5.41, 5.74) is -2.69. The Kier molecular flexibility index (Phi) is 6.98. The van der Waals surface area contributed by atoms with Gasteiger partial charge < -0.3 is 15.2 Å². The normalized spacial score (nSPS) is 18.0. The van der Waals surface area contributed by atoms with Crippen molar-refractivity contribution in [3.63, 3.8) is 0 Å². The van der Waals surface area contributed by atoms with E-state index < -0.39 is 41.6 Å². The fraction of sp³-hybridized carbons (Fsp3) is 0.455. The van der Waals surface area contributed by atoms with Gasteiger partial charge in [0.1, 0.15) is 6.10 Å². The molecule has 1 fully saturated rings. The van der Waals surface area contributed by atoms with Gasteiger partial charge in [-0.3, -0.25) is 0 Å². The van der Waals surface area contributed by atoms with Crippen molar-refractivity contribution in [1.82, 2.24) is 5.32 Å². The molecule has 3 rings (SSSR count). The molecule has 0 radical (unpaired) electrons. The van der Waals surface area contributed by atoms with E-state index in [4.69, 9.17) is 4.74 Å². The average molecular weight is 447 g/mol. The summed E-state index contributed by atoms with van der Waals surface area (Å²) in [4.78, 5) is 0. The lowest BCUT2D eigenvalue weighted by Gasteiger charge is -2.39. The van der Waals surface area contributed by atoms with Gasteiger partial charge in [0.05, 0.1) is 24.3 Å². The Morgan fingerprint density at radius 3 is 1.94 bits per heavy atom. The summed E-state index contributed by atoms with van der Waals surface area (Å²) in [6.07, 6.45) is -9.87. The van der Waals surface area contributed by atoms with Crippen molar-refractivity contribution < 1.29 is 36.2 Å². The first-order valence-electron chi connectivity index (χ1n) is 9.83. The Morgan fingerprint density at radius 2 is 1.45 bits per heavy atom. The topological polar surface area (TPSA) is 41.5 Å². The third-order valence-corrected chi connectivity index (χ3v) is 5.66. The van der Waals surface area contributed by atoms with Gasteiger partial charge in [-0.1, -0.05) is 30.3 Å². The molecule has 1 aliphatic heterocycles. The number of nitrogens with one attached hydrogen (secondary N) is 1. The average Bonchev–Trinajstić information content (AvgIpc) is 2.74. The van der Waals surface area contributed by atoms with Gasteiger partial charge in [-0.15, -0.1) is 0 Å². The summed E-state index contributed by atoms with van der Waals surface area (Å²) < 4.78 is 84.9. The number of benzene rings is 2. The van der Waals surface area contributed by atoms with Gasteiger partial charge in [-0.05, 0) is 55.3 Å². The zero-order valence-corrected chi connectivity index (χ0v) is 16.6. The molecule has 2 aromatic rings. The number of hydrogen-bond donors (Lipinski definition) is 2. The maximum Gasteiger partial charge on any atom is 0.416 e. The third-order valence-electron chi connectivity index (χ3n) is 5.66. The fourth-order valence-electron chi connectivity index (χ4n) is 3.89. The van der Waals surface area contributed by atoms with Gasteiger partial charge in [-0.2, -0.15) is 26.3 Å². The minimum atomic E-state index is -4.96. The van der Waals surface area contributed by atoms with Crippen LogP contribution in [0.2, 0.25) is 0 Å². The number of alkyl halides is 6. The molecule has 1 saturated heterocycles. The quantitative estimate of drug-likeness (QED) is 0.606. The summed E-state index contributed by atoms with van der Waals surface area (Å²) in [7, 11) is 0. The van der Waals surface area contributed by atoms with Crippen molar-refractivity contribution in [1.29, 1.82) is 0 Å². The second-order valence-corrected chi connectivity index (χ2v) is 7.72. The first-order chi connectivity index (χ1) is 14.5. The first-order valence-corrected chi connectivity index (χ1v) is 9.83. The largest absolute Gasteiger partial charge is 0.416 e. The lowest BCUT2D eigenvalue weighted by molar-refractivity contribution is -0.143. The molecule has 1 unspecified atom stereocenters. The van der Waals surface area contributed by atoms with Crippen LogP contribution in [-0.4, -0.2) is 31.4 Å². The first kappa shape index (κ1) is 23.6. The molecule has 0 spiro atoms. The molecular weight excluding hydrogens is 424 g/mol. The van der Waals surface area contributed by atoms with E-state index in [-0.39, 0.29) is 18.2 Å². The van der Waals surface area contributed by atoms with Crippen molar-refractivity contribution in [3.05, 3.63) is 70.8 Å². The SMILES string of the molecule is OCC(OCC1(c2ccccc2)CCNCC1)c1cc(C(F)(F)F)cc(C(F)(F)F)c1. The maximum atomic E-state index is 13.2.